The van der Waals surface area contributed by atoms with E-state index in [0.717, 1.165) is 25.9 Å². The van der Waals surface area contributed by atoms with Crippen molar-refractivity contribution in [3.8, 4) is 0 Å². The zero-order chi connectivity index (χ0) is 15.3. The van der Waals surface area contributed by atoms with E-state index in [1.807, 2.05) is 0 Å². The molecule has 3 atom stereocenters. The molecular formula is C17H34O4. The first-order valence-corrected chi connectivity index (χ1v) is 8.75. The highest BCUT2D eigenvalue weighted by Crippen LogP contribution is 2.17. The van der Waals surface area contributed by atoms with Crippen LogP contribution in [0.25, 0.3) is 0 Å². The summed E-state index contributed by atoms with van der Waals surface area (Å²) in [6.45, 7) is 5.88. The van der Waals surface area contributed by atoms with E-state index < -0.39 is 0 Å². The van der Waals surface area contributed by atoms with Gasteiger partial charge < -0.3 is 19.3 Å². The predicted octanol–water partition coefficient (Wildman–Crippen LogP) is 3.66. The Bertz CT molecular complexity index is 235. The monoisotopic (exact) mass is 302 g/mol. The molecule has 0 spiro atoms. The van der Waals surface area contributed by atoms with Gasteiger partial charge in [-0.2, -0.15) is 0 Å². The van der Waals surface area contributed by atoms with Crippen molar-refractivity contribution in [3.63, 3.8) is 0 Å². The Morgan fingerprint density at radius 2 is 1.86 bits per heavy atom. The fourth-order valence-corrected chi connectivity index (χ4v) is 2.59. The lowest BCUT2D eigenvalue weighted by Gasteiger charge is -2.30. The summed E-state index contributed by atoms with van der Waals surface area (Å²) in [7, 11) is 0. The summed E-state index contributed by atoms with van der Waals surface area (Å²) in [5.41, 5.74) is 0. The lowest BCUT2D eigenvalue weighted by atomic mass is 10.1. The number of aliphatic hydroxyl groups excluding tert-OH is 1. The molecule has 0 aromatic rings. The van der Waals surface area contributed by atoms with Gasteiger partial charge in [0.15, 0.2) is 6.29 Å². The maximum atomic E-state index is 9.11. The lowest BCUT2D eigenvalue weighted by molar-refractivity contribution is -0.230. The van der Waals surface area contributed by atoms with Gasteiger partial charge in [-0.15, -0.1) is 0 Å². The van der Waals surface area contributed by atoms with E-state index in [1.54, 1.807) is 0 Å². The molecule has 21 heavy (non-hydrogen) atoms. The van der Waals surface area contributed by atoms with Gasteiger partial charge in [0, 0.05) is 13.0 Å². The highest BCUT2D eigenvalue weighted by molar-refractivity contribution is 4.65. The molecule has 0 aliphatic carbocycles. The number of ether oxygens (including phenoxy) is 3. The Morgan fingerprint density at radius 3 is 2.57 bits per heavy atom. The number of rotatable bonds is 12. The molecule has 0 amide bonds. The van der Waals surface area contributed by atoms with Gasteiger partial charge in [0.2, 0.25) is 0 Å². The van der Waals surface area contributed by atoms with Gasteiger partial charge in [0.25, 0.3) is 0 Å². The molecule has 1 N–H and O–H groups in total. The summed E-state index contributed by atoms with van der Waals surface area (Å²) >= 11 is 0. The number of hydrogen-bond donors (Lipinski definition) is 1. The fourth-order valence-electron chi connectivity index (χ4n) is 2.59. The predicted molar refractivity (Wildman–Crippen MR) is 84.3 cm³/mol. The molecule has 4 nitrogen and oxygen atoms in total. The maximum Gasteiger partial charge on any atom is 0.160 e. The van der Waals surface area contributed by atoms with Crippen molar-refractivity contribution < 1.29 is 19.3 Å². The fraction of sp³-hybridized carbons (Fsp3) is 1.00. The van der Waals surface area contributed by atoms with Crippen LogP contribution < -0.4 is 0 Å². The normalized spacial score (nSPS) is 24.1. The smallest absolute Gasteiger partial charge is 0.160 e. The number of unbranched alkanes of at least 4 members (excludes halogenated alkanes) is 6. The van der Waals surface area contributed by atoms with Crippen LogP contribution in [0.5, 0.6) is 0 Å². The van der Waals surface area contributed by atoms with Crippen molar-refractivity contribution in [2.75, 3.05) is 19.8 Å². The molecule has 1 aliphatic heterocycles. The van der Waals surface area contributed by atoms with Gasteiger partial charge in [-0.05, 0) is 19.8 Å². The van der Waals surface area contributed by atoms with Crippen molar-refractivity contribution in [3.05, 3.63) is 0 Å². The minimum absolute atomic E-state index is 0.0703. The Labute approximate surface area is 130 Å². The average Bonchev–Trinajstić information content (AvgIpc) is 2.50. The maximum absolute atomic E-state index is 9.11. The Morgan fingerprint density at radius 1 is 1.14 bits per heavy atom. The standard InChI is InChI=1S/C17H34O4/c1-3-4-5-6-7-8-9-11-19-15(2)13-17-20-12-10-16(14-18)21-17/h15-18H,3-14H2,1-2H3/t15?,16-,17+/m1/s1. The molecule has 1 fully saturated rings. The Balaban J connectivity index is 1.94. The van der Waals surface area contributed by atoms with Crippen molar-refractivity contribution in [1.82, 2.24) is 0 Å². The van der Waals surface area contributed by atoms with Crippen molar-refractivity contribution in [2.24, 2.45) is 0 Å². The Kier molecular flexibility index (Phi) is 11.1. The van der Waals surface area contributed by atoms with E-state index >= 15 is 0 Å². The lowest BCUT2D eigenvalue weighted by Crippen LogP contribution is -2.36. The number of aliphatic hydroxyl groups is 1. The molecular weight excluding hydrogens is 268 g/mol. The second-order valence-electron chi connectivity index (χ2n) is 6.07. The SMILES string of the molecule is CCCCCCCCCOC(C)C[C@H]1OCC[C@H](CO)O1. The molecule has 1 rings (SSSR count). The summed E-state index contributed by atoms with van der Waals surface area (Å²) in [6.07, 6.45) is 10.5. The first-order valence-electron chi connectivity index (χ1n) is 8.75. The van der Waals surface area contributed by atoms with Crippen LogP contribution in [-0.4, -0.2) is 43.4 Å². The van der Waals surface area contributed by atoms with E-state index in [2.05, 4.69) is 13.8 Å². The molecule has 4 heteroatoms. The molecule has 1 aliphatic rings. The van der Waals surface area contributed by atoms with Gasteiger partial charge in [-0.1, -0.05) is 45.4 Å². The summed E-state index contributed by atoms with van der Waals surface area (Å²) in [5.74, 6) is 0. The topological polar surface area (TPSA) is 47.9 Å². The van der Waals surface area contributed by atoms with Gasteiger partial charge >= 0.3 is 0 Å². The molecule has 0 radical (unpaired) electrons. The van der Waals surface area contributed by atoms with Crippen LogP contribution in [0.1, 0.15) is 71.6 Å². The van der Waals surface area contributed by atoms with Crippen LogP contribution in [0, 0.1) is 0 Å². The largest absolute Gasteiger partial charge is 0.394 e. The molecule has 0 aromatic heterocycles. The third-order valence-corrected chi connectivity index (χ3v) is 3.97. The van der Waals surface area contributed by atoms with Gasteiger partial charge in [0.05, 0.1) is 25.4 Å². The molecule has 0 aromatic carbocycles. The molecule has 1 unspecified atom stereocenters. The summed E-state index contributed by atoms with van der Waals surface area (Å²) < 4.78 is 17.0. The summed E-state index contributed by atoms with van der Waals surface area (Å²) in [6, 6.07) is 0. The highest BCUT2D eigenvalue weighted by Gasteiger charge is 2.24. The van der Waals surface area contributed by atoms with E-state index in [0.29, 0.717) is 6.61 Å². The average molecular weight is 302 g/mol. The highest BCUT2D eigenvalue weighted by atomic mass is 16.7. The first-order chi connectivity index (χ1) is 10.3. The number of hydrogen-bond acceptors (Lipinski definition) is 4. The first kappa shape index (κ1) is 18.9. The van der Waals surface area contributed by atoms with Crippen molar-refractivity contribution in [2.45, 2.75) is 90.1 Å². The molecule has 0 bridgehead atoms. The zero-order valence-corrected chi connectivity index (χ0v) is 13.9. The molecule has 126 valence electrons. The summed E-state index contributed by atoms with van der Waals surface area (Å²) in [5, 5.41) is 9.11. The van der Waals surface area contributed by atoms with Crippen LogP contribution in [0.4, 0.5) is 0 Å². The van der Waals surface area contributed by atoms with Gasteiger partial charge in [-0.3, -0.25) is 0 Å². The van der Waals surface area contributed by atoms with Gasteiger partial charge in [-0.25, -0.2) is 0 Å². The molecule has 1 saturated heterocycles. The van der Waals surface area contributed by atoms with E-state index in [1.165, 1.54) is 38.5 Å². The van der Waals surface area contributed by atoms with E-state index in [-0.39, 0.29) is 25.1 Å². The summed E-state index contributed by atoms with van der Waals surface area (Å²) in [4.78, 5) is 0. The minimum Gasteiger partial charge on any atom is -0.394 e. The quantitative estimate of drug-likeness (QED) is 0.559. The molecule has 0 saturated carbocycles. The van der Waals surface area contributed by atoms with Crippen LogP contribution in [0.2, 0.25) is 0 Å². The second-order valence-corrected chi connectivity index (χ2v) is 6.07. The second kappa shape index (κ2) is 12.4. The Hall–Kier alpha value is -0.160. The third kappa shape index (κ3) is 9.46. The van der Waals surface area contributed by atoms with Gasteiger partial charge in [0.1, 0.15) is 0 Å². The van der Waals surface area contributed by atoms with Crippen LogP contribution in [-0.2, 0) is 14.2 Å². The van der Waals surface area contributed by atoms with E-state index in [4.69, 9.17) is 19.3 Å². The molecule has 1 heterocycles. The zero-order valence-electron chi connectivity index (χ0n) is 13.9. The van der Waals surface area contributed by atoms with Crippen molar-refractivity contribution >= 4 is 0 Å². The van der Waals surface area contributed by atoms with Crippen LogP contribution in [0.3, 0.4) is 0 Å². The van der Waals surface area contributed by atoms with E-state index in [9.17, 15) is 0 Å². The third-order valence-electron chi connectivity index (χ3n) is 3.97. The minimum atomic E-state index is -0.222. The van der Waals surface area contributed by atoms with Crippen LogP contribution >= 0.6 is 0 Å². The van der Waals surface area contributed by atoms with Crippen molar-refractivity contribution in [1.29, 1.82) is 0 Å². The van der Waals surface area contributed by atoms with Crippen LogP contribution in [0.15, 0.2) is 0 Å².